The Kier molecular flexibility index (Phi) is 33.2. The Bertz CT molecular complexity index is 333. The Balaban J connectivity index is -0.0000000544. The maximum atomic E-state index is 11.8. The van der Waals surface area contributed by atoms with E-state index in [0.29, 0.717) is 0 Å². The maximum Gasteiger partial charge on any atom is 2.00 e. The van der Waals surface area contributed by atoms with Crippen LogP contribution in [0.2, 0.25) is 0 Å². The molecule has 0 N–H and O–H groups in total. The van der Waals surface area contributed by atoms with Crippen molar-refractivity contribution in [2.75, 3.05) is 0 Å². The zero-order valence-corrected chi connectivity index (χ0v) is 13.0. The molecule has 0 atom stereocenters. The van der Waals surface area contributed by atoms with E-state index in [4.69, 9.17) is 0 Å². The van der Waals surface area contributed by atoms with Crippen LogP contribution in [0, 0.1) is 11.9 Å². The zero-order chi connectivity index (χ0) is 10.2. The molecule has 2 nitrogen and oxygen atoms in total. The molecule has 113 valence electrons. The van der Waals surface area contributed by atoms with E-state index in [0.717, 1.165) is 0 Å². The second-order valence-corrected chi connectivity index (χ2v) is 2.30. The number of rotatable bonds is 0. The molecule has 0 amide bonds. The van der Waals surface area contributed by atoms with Gasteiger partial charge < -0.3 is 49.6 Å². The summed E-state index contributed by atoms with van der Waals surface area (Å²) in [5, 5.41) is 0. The van der Waals surface area contributed by atoms with Gasteiger partial charge in [0.05, 0.1) is 0 Å². The monoisotopic (exact) mass is 397 g/mol. The summed E-state index contributed by atoms with van der Waals surface area (Å²) in [6.45, 7) is 0. The molecule has 0 saturated heterocycles. The fourth-order valence-electron chi connectivity index (χ4n) is 0.684. The van der Waals surface area contributed by atoms with Gasteiger partial charge in [-0.05, 0) is 24.3 Å². The van der Waals surface area contributed by atoms with Crippen LogP contribution in [-0.4, -0.2) is 9.97 Å². The third-order valence-corrected chi connectivity index (χ3v) is 1.26. The minimum Gasteiger partial charge on any atom is -1.00 e. The van der Waals surface area contributed by atoms with Gasteiger partial charge in [0.2, 0.25) is 11.9 Å². The van der Waals surface area contributed by atoms with E-state index < -0.39 is 11.9 Å². The van der Waals surface area contributed by atoms with Crippen LogP contribution in [0.25, 0.3) is 0 Å². The number of hydrogen-bond donors (Lipinski definition) is 0. The van der Waals surface area contributed by atoms with Gasteiger partial charge in [-0.25, -0.2) is 9.97 Å². The number of aromatic nitrogens is 2. The summed E-state index contributed by atoms with van der Waals surface area (Å²) in [5.41, 5.74) is 0. The molecule has 1 radical (unpaired) electrons. The van der Waals surface area contributed by atoms with Gasteiger partial charge >= 0.3 is 17.1 Å². The molecule has 0 fully saturated rings. The van der Waals surface area contributed by atoms with Gasteiger partial charge in [-0.15, -0.1) is 0 Å². The Morgan fingerprint density at radius 3 is 1.05 bits per heavy atom. The van der Waals surface area contributed by atoms with E-state index in [1.54, 1.807) is 24.3 Å². The smallest absolute Gasteiger partial charge is 1.00 e. The van der Waals surface area contributed by atoms with Crippen molar-refractivity contribution in [3.05, 3.63) is 60.7 Å². The zero-order valence-electron chi connectivity index (χ0n) is 9.08. The third kappa shape index (κ3) is 17.8. The largest absolute Gasteiger partial charge is 2.00 e. The molecule has 2 rings (SSSR count). The second-order valence-electron chi connectivity index (χ2n) is 2.30. The van der Waals surface area contributed by atoms with Crippen LogP contribution < -0.4 is 49.6 Å². The van der Waals surface area contributed by atoms with Gasteiger partial charge in [-0.2, -0.15) is 8.78 Å². The maximum absolute atomic E-state index is 11.8. The number of hydrogen-bond acceptors (Lipinski definition) is 2. The van der Waals surface area contributed by atoms with Crippen LogP contribution in [-0.2, 0) is 17.1 Å². The molecule has 2 aromatic heterocycles. The fourth-order valence-corrected chi connectivity index (χ4v) is 0.684. The molecule has 2 heterocycles. The van der Waals surface area contributed by atoms with Crippen LogP contribution in [0.4, 0.5) is 8.78 Å². The van der Waals surface area contributed by atoms with Crippen LogP contribution in [0.1, 0.15) is 0 Å². The van der Waals surface area contributed by atoms with Crippen LogP contribution in [0.3, 0.4) is 0 Å². The van der Waals surface area contributed by atoms with E-state index in [1.807, 2.05) is 0 Å². The first kappa shape index (κ1) is 31.3. The Hall–Kier alpha value is -0.161. The molecule has 0 aliphatic rings. The minimum absolute atomic E-state index is 0. The van der Waals surface area contributed by atoms with Gasteiger partial charge in [0.1, 0.15) is 0 Å². The van der Waals surface area contributed by atoms with Crippen LogP contribution in [0.5, 0.6) is 0 Å². The van der Waals surface area contributed by atoms with Gasteiger partial charge in [-0.3, -0.25) is 0 Å². The first-order valence-corrected chi connectivity index (χ1v) is 3.92. The molecular formula is C10H8Cl4CuF2N2-2. The molecule has 0 spiro atoms. The van der Waals surface area contributed by atoms with Crippen molar-refractivity contribution < 1.29 is 75.5 Å². The molecular weight excluding hydrogens is 391 g/mol. The Morgan fingerprint density at radius 1 is 0.632 bits per heavy atom. The van der Waals surface area contributed by atoms with Crippen LogP contribution in [0.15, 0.2) is 48.8 Å². The summed E-state index contributed by atoms with van der Waals surface area (Å²) < 4.78 is 23.6. The summed E-state index contributed by atoms with van der Waals surface area (Å²) in [7, 11) is 0. The van der Waals surface area contributed by atoms with Crippen molar-refractivity contribution in [1.29, 1.82) is 0 Å². The molecule has 0 aliphatic carbocycles. The van der Waals surface area contributed by atoms with E-state index in [2.05, 4.69) is 9.97 Å². The number of halogens is 6. The van der Waals surface area contributed by atoms with E-state index >= 15 is 0 Å². The molecule has 0 aliphatic heterocycles. The molecule has 0 saturated carbocycles. The van der Waals surface area contributed by atoms with Gasteiger partial charge in [0.25, 0.3) is 0 Å². The van der Waals surface area contributed by atoms with E-state index in [1.165, 1.54) is 24.5 Å². The molecule has 0 aromatic carbocycles. The molecule has 0 bridgehead atoms. The SMILES string of the molecule is Fc1ccccn1.Fc1ccccn1.[Cl-].[Cl-].[Cl-].[Cl-].[Cu+2]. The topological polar surface area (TPSA) is 25.8 Å². The third-order valence-electron chi connectivity index (χ3n) is 1.26. The standard InChI is InChI=1S/2C5H4FN.4ClH.Cu/c2*6-5-3-1-2-4-7-5;;;;;/h2*1-4H;4*1H;/q;;;;;;+2/p-4. The van der Waals surface area contributed by atoms with Gasteiger partial charge in [0, 0.05) is 12.4 Å². The normalized spacial score (nSPS) is 6.42. The molecule has 9 heteroatoms. The van der Waals surface area contributed by atoms with Crippen molar-refractivity contribution in [3.63, 3.8) is 0 Å². The van der Waals surface area contributed by atoms with Gasteiger partial charge in [-0.1, -0.05) is 12.1 Å². The average molecular weight is 400 g/mol. The van der Waals surface area contributed by atoms with Crippen molar-refractivity contribution in [2.24, 2.45) is 0 Å². The number of nitrogens with zero attached hydrogens (tertiary/aromatic N) is 2. The summed E-state index contributed by atoms with van der Waals surface area (Å²) in [4.78, 5) is 6.62. The van der Waals surface area contributed by atoms with Crippen molar-refractivity contribution >= 4 is 0 Å². The van der Waals surface area contributed by atoms with Gasteiger partial charge in [0.15, 0.2) is 0 Å². The predicted octanol–water partition coefficient (Wildman–Crippen LogP) is -9.55. The summed E-state index contributed by atoms with van der Waals surface area (Å²) in [5.74, 6) is -0.856. The predicted molar refractivity (Wildman–Crippen MR) is 48.4 cm³/mol. The number of pyridine rings is 2. The first-order valence-electron chi connectivity index (χ1n) is 3.92. The van der Waals surface area contributed by atoms with E-state index in [-0.39, 0.29) is 66.7 Å². The van der Waals surface area contributed by atoms with Crippen molar-refractivity contribution in [3.8, 4) is 0 Å². The Morgan fingerprint density at radius 2 is 0.947 bits per heavy atom. The quantitative estimate of drug-likeness (QED) is 0.325. The average Bonchev–Trinajstić information content (AvgIpc) is 2.21. The van der Waals surface area contributed by atoms with Crippen LogP contribution >= 0.6 is 0 Å². The van der Waals surface area contributed by atoms with E-state index in [9.17, 15) is 8.78 Å². The molecule has 19 heavy (non-hydrogen) atoms. The molecule has 2 aromatic rings. The summed E-state index contributed by atoms with van der Waals surface area (Å²) in [6, 6.07) is 9.15. The summed E-state index contributed by atoms with van der Waals surface area (Å²) in [6.07, 6.45) is 2.82. The van der Waals surface area contributed by atoms with Crippen molar-refractivity contribution in [2.45, 2.75) is 0 Å². The van der Waals surface area contributed by atoms with Crippen molar-refractivity contribution in [1.82, 2.24) is 9.97 Å². The minimum atomic E-state index is -0.428. The first-order chi connectivity index (χ1) is 6.79. The molecule has 0 unspecified atom stereocenters. The summed E-state index contributed by atoms with van der Waals surface area (Å²) >= 11 is 0. The second kappa shape index (κ2) is 20.2. The Labute approximate surface area is 145 Å². The fraction of sp³-hybridized carbons (Fsp3) is 0.